The van der Waals surface area contributed by atoms with Gasteiger partial charge in [0.15, 0.2) is 0 Å². The van der Waals surface area contributed by atoms with Crippen LogP contribution in [0.4, 0.5) is 0 Å². The SMILES string of the molecule is O=C(O)[C@@]12CCCN1[C@H](c1cccnc1Cl)[C@H](CO)C2. The van der Waals surface area contributed by atoms with Gasteiger partial charge in [0.2, 0.25) is 0 Å². The van der Waals surface area contributed by atoms with Crippen molar-refractivity contribution in [2.45, 2.75) is 30.8 Å². The largest absolute Gasteiger partial charge is 0.480 e. The number of rotatable bonds is 3. The average molecular weight is 297 g/mol. The molecule has 3 rings (SSSR count). The quantitative estimate of drug-likeness (QED) is 0.831. The summed E-state index contributed by atoms with van der Waals surface area (Å²) in [6.07, 6.45) is 3.57. The van der Waals surface area contributed by atoms with E-state index in [1.54, 1.807) is 12.3 Å². The molecule has 6 heteroatoms. The van der Waals surface area contributed by atoms with E-state index in [2.05, 4.69) is 4.98 Å². The summed E-state index contributed by atoms with van der Waals surface area (Å²) < 4.78 is 0. The van der Waals surface area contributed by atoms with Crippen LogP contribution >= 0.6 is 11.6 Å². The highest BCUT2D eigenvalue weighted by molar-refractivity contribution is 6.30. The summed E-state index contributed by atoms with van der Waals surface area (Å²) >= 11 is 6.18. The van der Waals surface area contributed by atoms with E-state index in [1.165, 1.54) is 0 Å². The molecule has 0 saturated carbocycles. The first-order valence-corrected chi connectivity index (χ1v) is 7.19. The molecule has 1 aromatic heterocycles. The average Bonchev–Trinajstić information content (AvgIpc) is 2.96. The second-order valence-electron chi connectivity index (χ2n) is 5.61. The van der Waals surface area contributed by atoms with Gasteiger partial charge < -0.3 is 10.2 Å². The summed E-state index contributed by atoms with van der Waals surface area (Å²) in [5, 5.41) is 19.7. The minimum Gasteiger partial charge on any atom is -0.480 e. The Labute approximate surface area is 122 Å². The van der Waals surface area contributed by atoms with Crippen LogP contribution in [-0.4, -0.2) is 44.8 Å². The minimum atomic E-state index is -0.850. The molecule has 2 N–H and O–H groups in total. The Bertz CT molecular complexity index is 539. The second-order valence-corrected chi connectivity index (χ2v) is 5.97. The topological polar surface area (TPSA) is 73.7 Å². The smallest absolute Gasteiger partial charge is 0.324 e. The molecule has 108 valence electrons. The van der Waals surface area contributed by atoms with Crippen LogP contribution in [0, 0.1) is 5.92 Å². The predicted molar refractivity (Wildman–Crippen MR) is 73.5 cm³/mol. The summed E-state index contributed by atoms with van der Waals surface area (Å²) in [7, 11) is 0. The van der Waals surface area contributed by atoms with Crippen LogP contribution in [0.5, 0.6) is 0 Å². The fourth-order valence-electron chi connectivity index (χ4n) is 3.85. The van der Waals surface area contributed by atoms with Crippen LogP contribution in [0.25, 0.3) is 0 Å². The zero-order chi connectivity index (χ0) is 14.3. The van der Waals surface area contributed by atoms with Gasteiger partial charge in [-0.3, -0.25) is 9.69 Å². The number of hydrogen-bond donors (Lipinski definition) is 2. The predicted octanol–water partition coefficient (Wildman–Crippen LogP) is 1.71. The fraction of sp³-hybridized carbons (Fsp3) is 0.571. The van der Waals surface area contributed by atoms with E-state index < -0.39 is 11.5 Å². The standard InChI is InChI=1S/C14H17ClN2O3/c15-12-10(3-1-5-16-12)11-9(8-18)7-14(13(19)20)4-2-6-17(11)14/h1,3,5,9,11,18H,2,4,6-8H2,(H,19,20)/t9-,11-,14-/m0/s1. The van der Waals surface area contributed by atoms with Crippen LogP contribution in [0.1, 0.15) is 30.9 Å². The summed E-state index contributed by atoms with van der Waals surface area (Å²) in [5.74, 6) is -0.913. The van der Waals surface area contributed by atoms with Crippen molar-refractivity contribution in [2.24, 2.45) is 5.92 Å². The highest BCUT2D eigenvalue weighted by Gasteiger charge is 2.58. The normalized spacial score (nSPS) is 33.3. The van der Waals surface area contributed by atoms with Gasteiger partial charge in [-0.15, -0.1) is 0 Å². The lowest BCUT2D eigenvalue weighted by Crippen LogP contribution is -2.46. The third kappa shape index (κ3) is 1.84. The van der Waals surface area contributed by atoms with E-state index in [0.29, 0.717) is 18.0 Å². The molecule has 2 fully saturated rings. The first kappa shape index (κ1) is 13.8. The molecule has 0 amide bonds. The Morgan fingerprint density at radius 2 is 2.40 bits per heavy atom. The molecule has 20 heavy (non-hydrogen) atoms. The van der Waals surface area contributed by atoms with E-state index in [9.17, 15) is 15.0 Å². The molecule has 0 radical (unpaired) electrons. The Kier molecular flexibility index (Phi) is 3.44. The van der Waals surface area contributed by atoms with Crippen molar-refractivity contribution in [3.05, 3.63) is 29.0 Å². The van der Waals surface area contributed by atoms with Crippen molar-refractivity contribution in [3.63, 3.8) is 0 Å². The van der Waals surface area contributed by atoms with Crippen molar-refractivity contribution in [1.82, 2.24) is 9.88 Å². The molecule has 0 spiro atoms. The van der Waals surface area contributed by atoms with Gasteiger partial charge in [-0.05, 0) is 31.9 Å². The minimum absolute atomic E-state index is 0.0403. The van der Waals surface area contributed by atoms with E-state index in [-0.39, 0.29) is 18.6 Å². The second kappa shape index (κ2) is 4.98. The van der Waals surface area contributed by atoms with Crippen LogP contribution in [0.15, 0.2) is 18.3 Å². The van der Waals surface area contributed by atoms with Gasteiger partial charge in [0.1, 0.15) is 10.7 Å². The van der Waals surface area contributed by atoms with Gasteiger partial charge in [0, 0.05) is 30.3 Å². The van der Waals surface area contributed by atoms with Crippen LogP contribution in [0.2, 0.25) is 5.15 Å². The number of aromatic nitrogens is 1. The monoisotopic (exact) mass is 296 g/mol. The van der Waals surface area contributed by atoms with Gasteiger partial charge >= 0.3 is 5.97 Å². The number of aliphatic carboxylic acids is 1. The molecule has 3 atom stereocenters. The number of carboxylic acid groups (broad SMARTS) is 1. The molecule has 5 nitrogen and oxygen atoms in total. The third-order valence-corrected chi connectivity index (χ3v) is 4.98. The Balaban J connectivity index is 2.06. The van der Waals surface area contributed by atoms with Gasteiger partial charge in [-0.2, -0.15) is 0 Å². The molecule has 0 bridgehead atoms. The van der Waals surface area contributed by atoms with E-state index >= 15 is 0 Å². The molecular weight excluding hydrogens is 280 g/mol. The van der Waals surface area contributed by atoms with Crippen LogP contribution in [0.3, 0.4) is 0 Å². The Hall–Kier alpha value is -1.17. The van der Waals surface area contributed by atoms with Crippen molar-refractivity contribution in [3.8, 4) is 0 Å². The Morgan fingerprint density at radius 1 is 1.60 bits per heavy atom. The maximum absolute atomic E-state index is 11.8. The molecule has 0 aliphatic carbocycles. The van der Waals surface area contributed by atoms with Gasteiger partial charge in [-0.1, -0.05) is 17.7 Å². The number of fused-ring (bicyclic) bond motifs is 1. The highest BCUT2D eigenvalue weighted by atomic mass is 35.5. The fourth-order valence-corrected chi connectivity index (χ4v) is 4.08. The molecule has 3 heterocycles. The first-order chi connectivity index (χ1) is 9.60. The first-order valence-electron chi connectivity index (χ1n) is 6.81. The molecule has 0 aromatic carbocycles. The number of hydrogen-bond acceptors (Lipinski definition) is 4. The number of carboxylic acids is 1. The third-order valence-electron chi connectivity index (χ3n) is 4.66. The number of carbonyl (C=O) groups is 1. The summed E-state index contributed by atoms with van der Waals surface area (Å²) in [4.78, 5) is 17.8. The zero-order valence-electron chi connectivity index (χ0n) is 11.0. The Morgan fingerprint density at radius 3 is 3.05 bits per heavy atom. The zero-order valence-corrected chi connectivity index (χ0v) is 11.8. The van der Waals surface area contributed by atoms with E-state index in [1.807, 2.05) is 11.0 Å². The number of nitrogens with zero attached hydrogens (tertiary/aromatic N) is 2. The maximum Gasteiger partial charge on any atom is 0.324 e. The summed E-state index contributed by atoms with van der Waals surface area (Å²) in [6, 6.07) is 3.51. The van der Waals surface area contributed by atoms with Crippen LogP contribution < -0.4 is 0 Å². The van der Waals surface area contributed by atoms with Crippen molar-refractivity contribution in [2.75, 3.05) is 13.2 Å². The molecule has 2 aliphatic heterocycles. The molecular formula is C14H17ClN2O3. The van der Waals surface area contributed by atoms with Gasteiger partial charge in [-0.25, -0.2) is 4.98 Å². The summed E-state index contributed by atoms with van der Waals surface area (Å²) in [6.45, 7) is 0.681. The van der Waals surface area contributed by atoms with Crippen LogP contribution in [-0.2, 0) is 4.79 Å². The lowest BCUT2D eigenvalue weighted by molar-refractivity contribution is -0.148. The van der Waals surface area contributed by atoms with Gasteiger partial charge in [0.25, 0.3) is 0 Å². The number of halogens is 1. The summed E-state index contributed by atoms with van der Waals surface area (Å²) in [5.41, 5.74) is -0.0322. The molecule has 1 aromatic rings. The van der Waals surface area contributed by atoms with Gasteiger partial charge in [0.05, 0.1) is 0 Å². The maximum atomic E-state index is 11.8. The molecule has 2 saturated heterocycles. The molecule has 2 aliphatic rings. The highest BCUT2D eigenvalue weighted by Crippen LogP contribution is 2.52. The molecule has 0 unspecified atom stereocenters. The van der Waals surface area contributed by atoms with Crippen molar-refractivity contribution in [1.29, 1.82) is 0 Å². The van der Waals surface area contributed by atoms with Crippen molar-refractivity contribution < 1.29 is 15.0 Å². The number of aliphatic hydroxyl groups is 1. The number of aliphatic hydroxyl groups excluding tert-OH is 1. The number of pyridine rings is 1. The lowest BCUT2D eigenvalue weighted by Gasteiger charge is -2.32. The van der Waals surface area contributed by atoms with Crippen molar-refractivity contribution >= 4 is 17.6 Å². The lowest BCUT2D eigenvalue weighted by atomic mass is 9.88. The van der Waals surface area contributed by atoms with E-state index in [0.717, 1.165) is 18.5 Å². The van der Waals surface area contributed by atoms with E-state index in [4.69, 9.17) is 11.6 Å².